The Kier molecular flexibility index (Phi) is 4.33. The average molecular weight is 331 g/mol. The van der Waals surface area contributed by atoms with Crippen molar-refractivity contribution in [1.82, 2.24) is 24.1 Å². The molecule has 0 aliphatic rings. The number of thioether (sulfide) groups is 1. The summed E-state index contributed by atoms with van der Waals surface area (Å²) in [6, 6.07) is 5.27. The van der Waals surface area contributed by atoms with Crippen LogP contribution in [0.5, 0.6) is 0 Å². The van der Waals surface area contributed by atoms with Gasteiger partial charge in [-0.15, -0.1) is 5.10 Å². The highest BCUT2D eigenvalue weighted by Crippen LogP contribution is 2.18. The van der Waals surface area contributed by atoms with E-state index < -0.39 is 0 Å². The second kappa shape index (κ2) is 6.41. The summed E-state index contributed by atoms with van der Waals surface area (Å²) in [5, 5.41) is 7.10. The van der Waals surface area contributed by atoms with Gasteiger partial charge in [0, 0.05) is 24.6 Å². The molecule has 0 saturated carbocycles. The van der Waals surface area contributed by atoms with Crippen LogP contribution in [0.4, 0.5) is 0 Å². The molecule has 3 rings (SSSR count). The SMILES string of the molecule is CCCn1c(SCc2cc(=O)n3cccc(C)c3n2)n[nH]c1=O. The van der Waals surface area contributed by atoms with Gasteiger partial charge in [0.1, 0.15) is 5.65 Å². The van der Waals surface area contributed by atoms with Crippen LogP contribution in [0.3, 0.4) is 0 Å². The summed E-state index contributed by atoms with van der Waals surface area (Å²) in [4.78, 5) is 28.4. The highest BCUT2D eigenvalue weighted by atomic mass is 32.2. The maximum absolute atomic E-state index is 12.2. The van der Waals surface area contributed by atoms with Crippen molar-refractivity contribution in [3.05, 3.63) is 56.5 Å². The third-order valence-corrected chi connectivity index (χ3v) is 4.47. The van der Waals surface area contributed by atoms with Crippen LogP contribution >= 0.6 is 11.8 Å². The summed E-state index contributed by atoms with van der Waals surface area (Å²) >= 11 is 1.39. The third kappa shape index (κ3) is 3.07. The number of aromatic nitrogens is 5. The molecule has 3 aromatic rings. The topological polar surface area (TPSA) is 85.0 Å². The van der Waals surface area contributed by atoms with E-state index in [-0.39, 0.29) is 11.2 Å². The summed E-state index contributed by atoms with van der Waals surface area (Å²) in [7, 11) is 0. The van der Waals surface area contributed by atoms with Gasteiger partial charge in [0.2, 0.25) is 0 Å². The summed E-state index contributed by atoms with van der Waals surface area (Å²) < 4.78 is 3.13. The van der Waals surface area contributed by atoms with Gasteiger partial charge in [0.05, 0.1) is 5.69 Å². The number of hydrogen-bond acceptors (Lipinski definition) is 5. The Bertz CT molecular complexity index is 956. The molecule has 0 atom stereocenters. The van der Waals surface area contributed by atoms with E-state index in [0.717, 1.165) is 12.0 Å². The van der Waals surface area contributed by atoms with Crippen LogP contribution < -0.4 is 11.2 Å². The number of aromatic amines is 1. The lowest BCUT2D eigenvalue weighted by Crippen LogP contribution is -2.17. The van der Waals surface area contributed by atoms with Gasteiger partial charge in [-0.3, -0.25) is 13.8 Å². The van der Waals surface area contributed by atoms with E-state index in [2.05, 4.69) is 15.2 Å². The van der Waals surface area contributed by atoms with Crippen molar-refractivity contribution < 1.29 is 0 Å². The van der Waals surface area contributed by atoms with Gasteiger partial charge in [-0.1, -0.05) is 24.8 Å². The summed E-state index contributed by atoms with van der Waals surface area (Å²) in [6.45, 7) is 4.54. The Labute approximate surface area is 136 Å². The zero-order valence-electron chi connectivity index (χ0n) is 12.9. The van der Waals surface area contributed by atoms with Gasteiger partial charge in [-0.25, -0.2) is 14.9 Å². The van der Waals surface area contributed by atoms with Crippen molar-refractivity contribution >= 4 is 17.4 Å². The monoisotopic (exact) mass is 331 g/mol. The van der Waals surface area contributed by atoms with Crippen molar-refractivity contribution in [1.29, 1.82) is 0 Å². The Morgan fingerprint density at radius 1 is 1.35 bits per heavy atom. The number of fused-ring (bicyclic) bond motifs is 1. The molecule has 23 heavy (non-hydrogen) atoms. The van der Waals surface area contributed by atoms with Gasteiger partial charge in [-0.2, -0.15) is 0 Å². The lowest BCUT2D eigenvalue weighted by Gasteiger charge is -2.06. The predicted octanol–water partition coefficient (Wildman–Crippen LogP) is 1.59. The molecule has 0 spiro atoms. The lowest BCUT2D eigenvalue weighted by molar-refractivity contribution is 0.603. The van der Waals surface area contributed by atoms with Crippen LogP contribution in [0.2, 0.25) is 0 Å². The molecule has 0 unspecified atom stereocenters. The van der Waals surface area contributed by atoms with Crippen LogP contribution in [0.25, 0.3) is 5.65 Å². The highest BCUT2D eigenvalue weighted by molar-refractivity contribution is 7.98. The quantitative estimate of drug-likeness (QED) is 0.718. The molecule has 1 N–H and O–H groups in total. The Morgan fingerprint density at radius 3 is 2.96 bits per heavy atom. The lowest BCUT2D eigenvalue weighted by atomic mass is 10.3. The molecule has 3 heterocycles. The summed E-state index contributed by atoms with van der Waals surface area (Å²) in [6.07, 6.45) is 2.56. The highest BCUT2D eigenvalue weighted by Gasteiger charge is 2.10. The van der Waals surface area contributed by atoms with Crippen LogP contribution in [0.1, 0.15) is 24.6 Å². The number of nitrogens with one attached hydrogen (secondary N) is 1. The molecule has 0 amide bonds. The van der Waals surface area contributed by atoms with E-state index in [9.17, 15) is 9.59 Å². The van der Waals surface area contributed by atoms with Gasteiger partial charge < -0.3 is 0 Å². The molecule has 0 aromatic carbocycles. The first kappa shape index (κ1) is 15.5. The molecule has 0 aliphatic heterocycles. The first-order valence-corrected chi connectivity index (χ1v) is 8.34. The summed E-state index contributed by atoms with van der Waals surface area (Å²) in [5.41, 5.74) is 1.95. The normalized spacial score (nSPS) is 11.2. The van der Waals surface area contributed by atoms with Crippen LogP contribution in [0, 0.1) is 6.92 Å². The number of rotatable bonds is 5. The Balaban J connectivity index is 1.90. The van der Waals surface area contributed by atoms with E-state index in [1.165, 1.54) is 22.2 Å². The van der Waals surface area contributed by atoms with E-state index in [0.29, 0.717) is 28.8 Å². The molecule has 0 aliphatic carbocycles. The number of H-pyrrole nitrogens is 1. The van der Waals surface area contributed by atoms with Gasteiger partial charge in [-0.05, 0) is 25.0 Å². The van der Waals surface area contributed by atoms with Crippen LogP contribution in [0.15, 0.2) is 39.1 Å². The van der Waals surface area contributed by atoms with E-state index in [1.807, 2.05) is 26.0 Å². The minimum atomic E-state index is -0.211. The van der Waals surface area contributed by atoms with Crippen molar-refractivity contribution in [2.24, 2.45) is 0 Å². The number of nitrogens with zero attached hydrogens (tertiary/aromatic N) is 4. The molecule has 3 aromatic heterocycles. The zero-order valence-corrected chi connectivity index (χ0v) is 13.8. The Hall–Kier alpha value is -2.35. The fourth-order valence-corrected chi connectivity index (χ4v) is 3.22. The zero-order chi connectivity index (χ0) is 16.4. The van der Waals surface area contributed by atoms with E-state index >= 15 is 0 Å². The molecule has 7 nitrogen and oxygen atoms in total. The van der Waals surface area contributed by atoms with Gasteiger partial charge in [0.25, 0.3) is 5.56 Å². The smallest absolute Gasteiger partial charge is 0.270 e. The number of pyridine rings is 1. The molecule has 8 heteroatoms. The predicted molar refractivity (Wildman–Crippen MR) is 88.9 cm³/mol. The van der Waals surface area contributed by atoms with Gasteiger partial charge >= 0.3 is 5.69 Å². The van der Waals surface area contributed by atoms with Crippen LogP contribution in [-0.2, 0) is 12.3 Å². The van der Waals surface area contributed by atoms with E-state index in [1.54, 1.807) is 10.8 Å². The first-order valence-electron chi connectivity index (χ1n) is 7.36. The molecular formula is C15H17N5O2S. The first-order chi connectivity index (χ1) is 11.1. The third-order valence-electron chi connectivity index (χ3n) is 3.46. The van der Waals surface area contributed by atoms with Crippen LogP contribution in [-0.4, -0.2) is 24.1 Å². The largest absolute Gasteiger partial charge is 0.343 e. The maximum Gasteiger partial charge on any atom is 0.343 e. The molecule has 0 saturated heterocycles. The fraction of sp³-hybridized carbons (Fsp3) is 0.333. The van der Waals surface area contributed by atoms with E-state index in [4.69, 9.17) is 0 Å². The minimum Gasteiger partial charge on any atom is -0.270 e. The van der Waals surface area contributed by atoms with Crippen molar-refractivity contribution in [3.8, 4) is 0 Å². The average Bonchev–Trinajstić information content (AvgIpc) is 2.87. The number of aryl methyl sites for hydroxylation is 1. The second-order valence-corrected chi connectivity index (χ2v) is 6.16. The van der Waals surface area contributed by atoms with Crippen molar-refractivity contribution in [2.45, 2.75) is 37.7 Å². The molecule has 0 bridgehead atoms. The van der Waals surface area contributed by atoms with Gasteiger partial charge in [0.15, 0.2) is 5.16 Å². The van der Waals surface area contributed by atoms with Crippen molar-refractivity contribution in [2.75, 3.05) is 0 Å². The second-order valence-electron chi connectivity index (χ2n) is 5.22. The molecular weight excluding hydrogens is 314 g/mol. The standard InChI is InChI=1S/C15H17N5O2S/c1-3-6-20-14(22)17-18-15(20)23-9-11-8-12(21)19-7-4-5-10(2)13(19)16-11/h4-5,7-8H,3,6,9H2,1-2H3,(H,17,22). The maximum atomic E-state index is 12.2. The molecule has 0 fully saturated rings. The summed E-state index contributed by atoms with van der Waals surface area (Å²) in [5.74, 6) is 0.480. The minimum absolute atomic E-state index is 0.109. The molecule has 0 radical (unpaired) electrons. The van der Waals surface area contributed by atoms with Crippen molar-refractivity contribution in [3.63, 3.8) is 0 Å². The fourth-order valence-electron chi connectivity index (χ4n) is 2.36. The number of hydrogen-bond donors (Lipinski definition) is 1. The Morgan fingerprint density at radius 2 is 2.17 bits per heavy atom. The molecule has 120 valence electrons.